The molecule has 0 N–H and O–H groups in total. The summed E-state index contributed by atoms with van der Waals surface area (Å²) in [4.78, 5) is 0. The van der Waals surface area contributed by atoms with Gasteiger partial charge >= 0.3 is 69.7 Å². The van der Waals surface area contributed by atoms with E-state index < -0.39 is 0 Å². The van der Waals surface area contributed by atoms with Gasteiger partial charge < -0.3 is 0 Å². The fourth-order valence-corrected chi connectivity index (χ4v) is 4.29. The van der Waals surface area contributed by atoms with E-state index in [1.807, 2.05) is 0 Å². The Morgan fingerprint density at radius 2 is 1.80 bits per heavy atom. The molecule has 0 heterocycles. The van der Waals surface area contributed by atoms with Crippen LogP contribution >= 0.6 is 30.6 Å². The molecule has 0 atom stereocenters. The van der Waals surface area contributed by atoms with Crippen LogP contribution in [0.4, 0.5) is 0 Å². The average Bonchev–Trinajstić information content (AvgIpc) is 1.91. The van der Waals surface area contributed by atoms with Gasteiger partial charge in [-0.1, -0.05) is 0 Å². The van der Waals surface area contributed by atoms with Gasteiger partial charge in [0.25, 0.3) is 0 Å². The molecular weight excluding hydrogens is 309 g/mol. The van der Waals surface area contributed by atoms with Crippen LogP contribution in [0.1, 0.15) is 5.56 Å². The predicted molar refractivity (Wildman–Crippen MR) is 49.4 cm³/mol. The van der Waals surface area contributed by atoms with Gasteiger partial charge in [0.15, 0.2) is 0 Å². The number of benzene rings is 1. The first kappa shape index (κ1) is 10.8. The molecule has 10 heavy (non-hydrogen) atoms. The van der Waals surface area contributed by atoms with E-state index in [4.69, 9.17) is 0 Å². The van der Waals surface area contributed by atoms with Crippen molar-refractivity contribution in [3.8, 4) is 0 Å². The molecule has 0 aliphatic heterocycles. The Labute approximate surface area is 86.1 Å². The molecule has 0 fully saturated rings. The number of hydrogen-bond donors (Lipinski definition) is 0. The zero-order valence-electron chi connectivity index (χ0n) is 5.59. The van der Waals surface area contributed by atoms with E-state index in [1.54, 1.807) is 0 Å². The number of rotatable bonds is 2. The van der Waals surface area contributed by atoms with Crippen molar-refractivity contribution in [2.45, 2.75) is 5.02 Å². The molecule has 0 saturated carbocycles. The SMILES string of the molecule is Br.[Br][Zn][CH2]c1ccccc1. The van der Waals surface area contributed by atoms with Crippen LogP contribution in [0.3, 0.4) is 0 Å². The maximum atomic E-state index is 3.57. The van der Waals surface area contributed by atoms with Crippen molar-refractivity contribution in [3.63, 3.8) is 0 Å². The third-order valence-electron chi connectivity index (χ3n) is 1.23. The van der Waals surface area contributed by atoms with Crippen LogP contribution in [0, 0.1) is 0 Å². The van der Waals surface area contributed by atoms with Crippen molar-refractivity contribution in [1.29, 1.82) is 0 Å². The van der Waals surface area contributed by atoms with Crippen molar-refractivity contribution in [2.24, 2.45) is 0 Å². The summed E-state index contributed by atoms with van der Waals surface area (Å²) in [6.07, 6.45) is 0. The number of halogens is 2. The molecule has 0 aliphatic carbocycles. The predicted octanol–water partition coefficient (Wildman–Crippen LogP) is 3.16. The summed E-state index contributed by atoms with van der Waals surface area (Å²) in [6, 6.07) is 10.6. The quantitative estimate of drug-likeness (QED) is 0.735. The Kier molecular flexibility index (Phi) is 7.03. The van der Waals surface area contributed by atoms with Gasteiger partial charge in [0.05, 0.1) is 0 Å². The van der Waals surface area contributed by atoms with E-state index in [9.17, 15) is 0 Å². The first-order valence-electron chi connectivity index (χ1n) is 3.03. The second-order valence-corrected chi connectivity index (χ2v) is 7.89. The first-order valence-corrected chi connectivity index (χ1v) is 12.1. The molecule has 0 aromatic heterocycles. The minimum absolute atomic E-state index is 0. The molecule has 0 spiro atoms. The monoisotopic (exact) mass is 314 g/mol. The molecule has 0 saturated heterocycles. The van der Waals surface area contributed by atoms with E-state index in [0.29, 0.717) is 0 Å². The molecule has 1 aromatic rings. The summed E-state index contributed by atoms with van der Waals surface area (Å²) in [5.41, 5.74) is 1.48. The third-order valence-corrected chi connectivity index (χ3v) is 4.89. The molecule has 1 aromatic carbocycles. The molecule has 0 radical (unpaired) electrons. The molecule has 0 nitrogen and oxygen atoms in total. The van der Waals surface area contributed by atoms with E-state index in [0.717, 1.165) is 0 Å². The van der Waals surface area contributed by atoms with Crippen LogP contribution in [0.25, 0.3) is 0 Å². The van der Waals surface area contributed by atoms with E-state index in [2.05, 4.69) is 44.0 Å². The summed E-state index contributed by atoms with van der Waals surface area (Å²) in [5, 5.41) is 1.31. The zero-order valence-corrected chi connectivity index (χ0v) is 11.9. The standard InChI is InChI=1S/C7H7.2BrH.Zn/c1-7-5-3-2-4-6-7;;;/h2-6H,1H2;2*1H;/q;;;+1/p-1. The summed E-state index contributed by atoms with van der Waals surface area (Å²) >= 11 is 3.24. The molecule has 52 valence electrons. The second-order valence-electron chi connectivity index (χ2n) is 1.92. The van der Waals surface area contributed by atoms with E-state index >= 15 is 0 Å². The first-order chi connectivity index (χ1) is 4.43. The van der Waals surface area contributed by atoms with Crippen LogP contribution in [-0.2, 0) is 20.2 Å². The van der Waals surface area contributed by atoms with Gasteiger partial charge in [-0.3, -0.25) is 0 Å². The fourth-order valence-electron chi connectivity index (χ4n) is 0.754. The van der Waals surface area contributed by atoms with Crippen molar-refractivity contribution >= 4 is 30.6 Å². The summed E-state index contributed by atoms with van der Waals surface area (Å²) in [6.45, 7) is 0. The summed E-state index contributed by atoms with van der Waals surface area (Å²) < 4.78 is 0. The van der Waals surface area contributed by atoms with Gasteiger partial charge in [0.1, 0.15) is 0 Å². The molecule has 0 amide bonds. The van der Waals surface area contributed by atoms with Crippen molar-refractivity contribution in [1.82, 2.24) is 0 Å². The van der Waals surface area contributed by atoms with Gasteiger partial charge in [0, 0.05) is 0 Å². The van der Waals surface area contributed by atoms with Crippen LogP contribution in [-0.4, -0.2) is 0 Å². The molecular formula is C7H8Br2Zn. The molecule has 1 rings (SSSR count). The molecule has 0 bridgehead atoms. The maximum absolute atomic E-state index is 3.57. The zero-order chi connectivity index (χ0) is 6.53. The van der Waals surface area contributed by atoms with Crippen LogP contribution in [0.2, 0.25) is 0 Å². The van der Waals surface area contributed by atoms with Crippen molar-refractivity contribution in [3.05, 3.63) is 35.9 Å². The summed E-state index contributed by atoms with van der Waals surface area (Å²) in [7, 11) is 0. The Hall–Kier alpha value is 0.803. The number of hydrogen-bond acceptors (Lipinski definition) is 0. The third kappa shape index (κ3) is 3.85. The molecule has 0 aliphatic rings. The second kappa shape index (κ2) is 6.51. The van der Waals surface area contributed by atoms with Gasteiger partial charge in [-0.15, -0.1) is 17.0 Å². The van der Waals surface area contributed by atoms with Crippen molar-refractivity contribution < 1.29 is 15.2 Å². The van der Waals surface area contributed by atoms with Gasteiger partial charge in [-0.2, -0.15) is 0 Å². The Morgan fingerprint density at radius 3 is 2.30 bits per heavy atom. The fraction of sp³-hybridized carbons (Fsp3) is 0.143. The van der Waals surface area contributed by atoms with Crippen LogP contribution < -0.4 is 0 Å². The Bertz CT molecular complexity index is 165. The topological polar surface area (TPSA) is 0 Å². The summed E-state index contributed by atoms with van der Waals surface area (Å²) in [5.74, 6) is 0. The van der Waals surface area contributed by atoms with Crippen molar-refractivity contribution in [2.75, 3.05) is 0 Å². The van der Waals surface area contributed by atoms with Gasteiger partial charge in [0.2, 0.25) is 0 Å². The van der Waals surface area contributed by atoms with E-state index in [1.165, 1.54) is 10.6 Å². The van der Waals surface area contributed by atoms with E-state index in [-0.39, 0.29) is 32.1 Å². The average molecular weight is 317 g/mol. The normalized spacial score (nSPS) is 7.70. The minimum atomic E-state index is -0.330. The Balaban J connectivity index is 0.000000810. The molecule has 3 heteroatoms. The Morgan fingerprint density at radius 1 is 1.20 bits per heavy atom. The molecule has 0 unspecified atom stereocenters. The van der Waals surface area contributed by atoms with Crippen LogP contribution in [0.5, 0.6) is 0 Å². The van der Waals surface area contributed by atoms with Gasteiger partial charge in [-0.25, -0.2) is 0 Å². The van der Waals surface area contributed by atoms with Gasteiger partial charge in [-0.05, 0) is 0 Å². The van der Waals surface area contributed by atoms with Crippen LogP contribution in [0.15, 0.2) is 30.3 Å².